The normalized spacial score (nSPS) is 15.0. The van der Waals surface area contributed by atoms with Crippen molar-refractivity contribution in [3.05, 3.63) is 57.8 Å². The van der Waals surface area contributed by atoms with Crippen LogP contribution in [0.1, 0.15) is 22.0 Å². The van der Waals surface area contributed by atoms with Gasteiger partial charge in [0.1, 0.15) is 0 Å². The molecule has 1 aromatic heterocycles. The number of benzene rings is 1. The van der Waals surface area contributed by atoms with Gasteiger partial charge in [-0.15, -0.1) is 11.3 Å². The van der Waals surface area contributed by atoms with E-state index in [-0.39, 0.29) is 12.6 Å². The van der Waals surface area contributed by atoms with Crippen molar-refractivity contribution in [2.24, 2.45) is 0 Å². The Kier molecular flexibility index (Phi) is 7.76. The number of nitrogens with one attached hydrogen (secondary N) is 2. The largest absolute Gasteiger partial charge is 0.354 e. The zero-order valence-corrected chi connectivity index (χ0v) is 17.5. The summed E-state index contributed by atoms with van der Waals surface area (Å²) in [6, 6.07) is 12.6. The monoisotopic (exact) mass is 417 g/mol. The molecule has 0 bridgehead atoms. The average molecular weight is 418 g/mol. The van der Waals surface area contributed by atoms with Gasteiger partial charge >= 0.3 is 11.8 Å². The first kappa shape index (κ1) is 21.4. The van der Waals surface area contributed by atoms with E-state index < -0.39 is 18.1 Å². The molecule has 7 nitrogen and oxygen atoms in total. The Balaban J connectivity index is 1.61. The van der Waals surface area contributed by atoms with Crippen molar-refractivity contribution in [1.29, 1.82) is 0 Å². The maximum atomic E-state index is 12.3. The van der Waals surface area contributed by atoms with Crippen LogP contribution in [0.5, 0.6) is 0 Å². The first-order valence-electron chi connectivity index (χ1n) is 9.58. The van der Waals surface area contributed by atoms with Crippen LogP contribution >= 0.6 is 11.3 Å². The Morgan fingerprint density at radius 2 is 1.72 bits per heavy atom. The van der Waals surface area contributed by atoms with Crippen LogP contribution in [0.25, 0.3) is 0 Å². The Morgan fingerprint density at radius 3 is 2.38 bits per heavy atom. The number of fused-ring (bicyclic) bond motifs is 1. The lowest BCUT2D eigenvalue weighted by molar-refractivity contribution is -0.141. The third kappa shape index (κ3) is 5.63. The maximum absolute atomic E-state index is 12.3. The standard InChI is InChI=1S/C21H27N3O4S/c1-27-19(28-2)13-23-21(26)20(25)22-12-17(18-8-5-11-29-18)24-10-9-15-6-3-4-7-16(15)14-24/h3-8,11,17,19H,9-10,12-14H2,1-2H3,(H,22,25)(H,23,26)/t17-/m0/s1. The number of hydrogen-bond acceptors (Lipinski definition) is 6. The number of amides is 2. The second kappa shape index (κ2) is 10.5. The predicted octanol–water partition coefficient (Wildman–Crippen LogP) is 1.70. The van der Waals surface area contributed by atoms with Gasteiger partial charge in [0.05, 0.1) is 12.6 Å². The molecule has 156 valence electrons. The molecule has 3 rings (SSSR count). The molecule has 1 atom stereocenters. The van der Waals surface area contributed by atoms with Gasteiger partial charge in [-0.2, -0.15) is 0 Å². The lowest BCUT2D eigenvalue weighted by Gasteiger charge is -2.35. The second-order valence-electron chi connectivity index (χ2n) is 6.84. The van der Waals surface area contributed by atoms with E-state index in [1.807, 2.05) is 11.4 Å². The Morgan fingerprint density at radius 1 is 1.03 bits per heavy atom. The van der Waals surface area contributed by atoms with Crippen LogP contribution in [-0.4, -0.2) is 56.9 Å². The molecule has 2 N–H and O–H groups in total. The molecular formula is C21H27N3O4S. The van der Waals surface area contributed by atoms with Crippen LogP contribution in [0, 0.1) is 0 Å². The highest BCUT2D eigenvalue weighted by Gasteiger charge is 2.26. The molecule has 29 heavy (non-hydrogen) atoms. The fourth-order valence-electron chi connectivity index (χ4n) is 3.46. The lowest BCUT2D eigenvalue weighted by atomic mass is 9.98. The van der Waals surface area contributed by atoms with Crippen molar-refractivity contribution in [1.82, 2.24) is 15.5 Å². The van der Waals surface area contributed by atoms with Crippen molar-refractivity contribution in [3.8, 4) is 0 Å². The molecule has 2 heterocycles. The van der Waals surface area contributed by atoms with E-state index in [1.165, 1.54) is 30.2 Å². The summed E-state index contributed by atoms with van der Waals surface area (Å²) in [4.78, 5) is 27.9. The van der Waals surface area contributed by atoms with Crippen LogP contribution in [-0.2, 0) is 32.0 Å². The topological polar surface area (TPSA) is 79.9 Å². The number of nitrogens with zero attached hydrogens (tertiary/aromatic N) is 1. The molecule has 0 fully saturated rings. The first-order chi connectivity index (χ1) is 14.1. The summed E-state index contributed by atoms with van der Waals surface area (Å²) >= 11 is 1.66. The smallest absolute Gasteiger partial charge is 0.309 e. The third-order valence-corrected chi connectivity index (χ3v) is 6.06. The van der Waals surface area contributed by atoms with Crippen LogP contribution in [0.3, 0.4) is 0 Å². The molecule has 1 aliphatic rings. The van der Waals surface area contributed by atoms with Gasteiger partial charge in [0.2, 0.25) is 0 Å². The minimum absolute atomic E-state index is 0.0193. The molecule has 2 amide bonds. The lowest BCUT2D eigenvalue weighted by Crippen LogP contribution is -2.46. The van der Waals surface area contributed by atoms with Crippen molar-refractivity contribution in [3.63, 3.8) is 0 Å². The molecule has 1 aliphatic heterocycles. The van der Waals surface area contributed by atoms with Gasteiger partial charge in [-0.05, 0) is 29.0 Å². The quantitative estimate of drug-likeness (QED) is 0.505. The van der Waals surface area contributed by atoms with Crippen molar-refractivity contribution in [2.45, 2.75) is 25.3 Å². The number of carbonyl (C=O) groups is 2. The molecule has 0 aliphatic carbocycles. The van der Waals surface area contributed by atoms with Gasteiger partial charge in [-0.25, -0.2) is 0 Å². The van der Waals surface area contributed by atoms with Gasteiger partial charge in [-0.3, -0.25) is 14.5 Å². The Hall–Kier alpha value is -2.26. The zero-order chi connectivity index (χ0) is 20.6. The van der Waals surface area contributed by atoms with Crippen LogP contribution in [0.4, 0.5) is 0 Å². The highest BCUT2D eigenvalue weighted by atomic mass is 32.1. The van der Waals surface area contributed by atoms with E-state index in [2.05, 4.69) is 45.9 Å². The molecule has 0 saturated heterocycles. The number of thiophene rings is 1. The second-order valence-corrected chi connectivity index (χ2v) is 7.82. The summed E-state index contributed by atoms with van der Waals surface area (Å²) in [6.07, 6.45) is 0.390. The summed E-state index contributed by atoms with van der Waals surface area (Å²) < 4.78 is 10.0. The number of hydrogen-bond donors (Lipinski definition) is 2. The zero-order valence-electron chi connectivity index (χ0n) is 16.7. The fraction of sp³-hybridized carbons (Fsp3) is 0.429. The van der Waals surface area contributed by atoms with Crippen molar-refractivity contribution in [2.75, 3.05) is 33.9 Å². The van der Waals surface area contributed by atoms with Gasteiger partial charge < -0.3 is 20.1 Å². The number of ether oxygens (including phenoxy) is 2. The molecule has 8 heteroatoms. The van der Waals surface area contributed by atoms with E-state index >= 15 is 0 Å². The highest BCUT2D eigenvalue weighted by molar-refractivity contribution is 7.10. The summed E-state index contributed by atoms with van der Waals surface area (Å²) in [5, 5.41) is 7.34. The molecule has 0 unspecified atom stereocenters. The highest BCUT2D eigenvalue weighted by Crippen LogP contribution is 2.29. The summed E-state index contributed by atoms with van der Waals surface area (Å²) in [6.45, 7) is 2.21. The van der Waals surface area contributed by atoms with Crippen LogP contribution < -0.4 is 10.6 Å². The Labute approximate surface area is 175 Å². The summed E-state index contributed by atoms with van der Waals surface area (Å²) in [5.41, 5.74) is 2.69. The molecular weight excluding hydrogens is 390 g/mol. The van der Waals surface area contributed by atoms with E-state index in [0.29, 0.717) is 6.54 Å². The summed E-state index contributed by atoms with van der Waals surface area (Å²) in [5.74, 6) is -1.35. The van der Waals surface area contributed by atoms with Gasteiger partial charge in [0.25, 0.3) is 0 Å². The number of methoxy groups -OCH3 is 2. The molecule has 0 radical (unpaired) electrons. The molecule has 2 aromatic rings. The van der Waals surface area contributed by atoms with E-state index in [0.717, 1.165) is 19.5 Å². The molecule has 0 spiro atoms. The van der Waals surface area contributed by atoms with Crippen LogP contribution in [0.15, 0.2) is 41.8 Å². The molecule has 0 saturated carbocycles. The predicted molar refractivity (Wildman–Crippen MR) is 111 cm³/mol. The number of carbonyl (C=O) groups excluding carboxylic acids is 2. The van der Waals surface area contributed by atoms with Gasteiger partial charge in [0, 0.05) is 38.7 Å². The van der Waals surface area contributed by atoms with E-state index in [1.54, 1.807) is 11.3 Å². The summed E-state index contributed by atoms with van der Waals surface area (Å²) in [7, 11) is 2.95. The third-order valence-electron chi connectivity index (χ3n) is 5.09. The van der Waals surface area contributed by atoms with Crippen LogP contribution in [0.2, 0.25) is 0 Å². The minimum Gasteiger partial charge on any atom is -0.354 e. The van der Waals surface area contributed by atoms with Crippen molar-refractivity contribution < 1.29 is 19.1 Å². The first-order valence-corrected chi connectivity index (χ1v) is 10.5. The van der Waals surface area contributed by atoms with E-state index in [4.69, 9.17) is 9.47 Å². The number of rotatable bonds is 8. The fourth-order valence-corrected chi connectivity index (χ4v) is 4.32. The van der Waals surface area contributed by atoms with E-state index in [9.17, 15) is 9.59 Å². The van der Waals surface area contributed by atoms with Gasteiger partial charge in [-0.1, -0.05) is 30.3 Å². The van der Waals surface area contributed by atoms with Crippen molar-refractivity contribution >= 4 is 23.2 Å². The minimum atomic E-state index is -0.696. The maximum Gasteiger partial charge on any atom is 0.309 e. The SMILES string of the molecule is COC(CNC(=O)C(=O)NC[C@@H](c1cccs1)N1CCc2ccccc2C1)OC. The Bertz CT molecular complexity index is 808. The van der Waals surface area contributed by atoms with Gasteiger partial charge in [0.15, 0.2) is 6.29 Å². The average Bonchev–Trinajstić information content (AvgIpc) is 3.28. The molecule has 1 aromatic carbocycles.